The first-order valence-electron chi connectivity index (χ1n) is 6.24. The summed E-state index contributed by atoms with van der Waals surface area (Å²) < 4.78 is 0. The second-order valence-electron chi connectivity index (χ2n) is 5.13. The maximum Gasteiger partial charge on any atom is 0.222 e. The molecule has 0 unspecified atom stereocenters. The van der Waals surface area contributed by atoms with Gasteiger partial charge >= 0.3 is 0 Å². The SMILES string of the molecule is Cc1nc(N)nc(N2C[C@@H]3CCN[C@@H]3C2)c1C. The van der Waals surface area contributed by atoms with Crippen molar-refractivity contribution in [3.63, 3.8) is 0 Å². The minimum atomic E-state index is 0.383. The van der Waals surface area contributed by atoms with Gasteiger partial charge in [-0.1, -0.05) is 0 Å². The topological polar surface area (TPSA) is 67.1 Å². The lowest BCUT2D eigenvalue weighted by atomic mass is 10.1. The molecule has 0 saturated carbocycles. The van der Waals surface area contributed by atoms with Gasteiger partial charge in [0.15, 0.2) is 0 Å². The fourth-order valence-corrected chi connectivity index (χ4v) is 2.96. The van der Waals surface area contributed by atoms with Crippen molar-refractivity contribution in [3.05, 3.63) is 11.3 Å². The number of hydrogen-bond donors (Lipinski definition) is 2. The average Bonchev–Trinajstić information content (AvgIpc) is 2.83. The van der Waals surface area contributed by atoms with Crippen LogP contribution in [0.15, 0.2) is 0 Å². The Morgan fingerprint density at radius 2 is 2.12 bits per heavy atom. The van der Waals surface area contributed by atoms with E-state index >= 15 is 0 Å². The summed E-state index contributed by atoms with van der Waals surface area (Å²) in [6, 6.07) is 0.630. The van der Waals surface area contributed by atoms with Crippen LogP contribution in [0.3, 0.4) is 0 Å². The fraction of sp³-hybridized carbons (Fsp3) is 0.667. The van der Waals surface area contributed by atoms with Crippen molar-refractivity contribution in [1.82, 2.24) is 15.3 Å². The van der Waals surface area contributed by atoms with E-state index in [1.165, 1.54) is 6.42 Å². The molecule has 2 fully saturated rings. The number of nitrogens with two attached hydrogens (primary N) is 1. The van der Waals surface area contributed by atoms with Gasteiger partial charge in [0.1, 0.15) is 5.82 Å². The Labute approximate surface area is 101 Å². The number of rotatable bonds is 1. The van der Waals surface area contributed by atoms with Crippen LogP contribution in [-0.2, 0) is 0 Å². The molecule has 2 aliphatic rings. The van der Waals surface area contributed by atoms with Crippen LogP contribution in [-0.4, -0.2) is 35.6 Å². The van der Waals surface area contributed by atoms with Crippen molar-refractivity contribution >= 4 is 11.8 Å². The summed E-state index contributed by atoms with van der Waals surface area (Å²) in [5, 5.41) is 3.55. The van der Waals surface area contributed by atoms with E-state index in [1.807, 2.05) is 6.92 Å². The number of hydrogen-bond acceptors (Lipinski definition) is 5. The van der Waals surface area contributed by atoms with E-state index in [1.54, 1.807) is 0 Å². The first-order chi connectivity index (χ1) is 8.15. The predicted octanol–water partition coefficient (Wildman–Crippen LogP) is 0.474. The van der Waals surface area contributed by atoms with Crippen LogP contribution in [0.5, 0.6) is 0 Å². The van der Waals surface area contributed by atoms with E-state index in [4.69, 9.17) is 5.73 Å². The smallest absolute Gasteiger partial charge is 0.222 e. The largest absolute Gasteiger partial charge is 0.368 e. The molecule has 3 N–H and O–H groups in total. The van der Waals surface area contributed by atoms with Gasteiger partial charge in [-0.25, -0.2) is 4.98 Å². The second kappa shape index (κ2) is 3.84. The number of nitrogen functional groups attached to an aromatic ring is 1. The lowest BCUT2D eigenvalue weighted by Gasteiger charge is -2.21. The van der Waals surface area contributed by atoms with E-state index < -0.39 is 0 Å². The first-order valence-corrected chi connectivity index (χ1v) is 6.24. The van der Waals surface area contributed by atoms with Gasteiger partial charge in [0.2, 0.25) is 5.95 Å². The van der Waals surface area contributed by atoms with Crippen LogP contribution in [0.1, 0.15) is 17.7 Å². The van der Waals surface area contributed by atoms with Gasteiger partial charge in [0.05, 0.1) is 0 Å². The Morgan fingerprint density at radius 1 is 1.29 bits per heavy atom. The molecule has 0 radical (unpaired) electrons. The van der Waals surface area contributed by atoms with Gasteiger partial charge in [0.25, 0.3) is 0 Å². The van der Waals surface area contributed by atoms with Gasteiger partial charge in [-0.05, 0) is 32.7 Å². The minimum absolute atomic E-state index is 0.383. The standard InChI is InChI=1S/C12H19N5/c1-7-8(2)15-12(13)16-11(7)17-5-9-3-4-14-10(9)6-17/h9-10,14H,3-6H2,1-2H3,(H2,13,15,16)/t9-,10+/m0/s1. The van der Waals surface area contributed by atoms with Crippen molar-refractivity contribution in [3.8, 4) is 0 Å². The van der Waals surface area contributed by atoms with Crippen LogP contribution in [0, 0.1) is 19.8 Å². The Balaban J connectivity index is 1.90. The van der Waals surface area contributed by atoms with Gasteiger partial charge in [0, 0.05) is 30.4 Å². The average molecular weight is 233 g/mol. The molecule has 2 saturated heterocycles. The zero-order chi connectivity index (χ0) is 12.0. The Hall–Kier alpha value is -1.36. The van der Waals surface area contributed by atoms with Crippen LogP contribution in [0.2, 0.25) is 0 Å². The van der Waals surface area contributed by atoms with E-state index in [-0.39, 0.29) is 0 Å². The van der Waals surface area contributed by atoms with Crippen molar-refractivity contribution < 1.29 is 0 Å². The van der Waals surface area contributed by atoms with E-state index in [0.717, 1.165) is 42.6 Å². The lowest BCUT2D eigenvalue weighted by Crippen LogP contribution is -2.31. The maximum atomic E-state index is 5.75. The fourth-order valence-electron chi connectivity index (χ4n) is 2.96. The maximum absolute atomic E-state index is 5.75. The zero-order valence-corrected chi connectivity index (χ0v) is 10.4. The number of nitrogens with one attached hydrogen (secondary N) is 1. The van der Waals surface area contributed by atoms with Crippen molar-refractivity contribution in [2.24, 2.45) is 5.92 Å². The Kier molecular flexibility index (Phi) is 2.43. The molecule has 92 valence electrons. The molecule has 1 aromatic heterocycles. The molecule has 0 bridgehead atoms. The summed E-state index contributed by atoms with van der Waals surface area (Å²) in [4.78, 5) is 11.0. The molecule has 2 aliphatic heterocycles. The molecule has 5 nitrogen and oxygen atoms in total. The monoisotopic (exact) mass is 233 g/mol. The number of aryl methyl sites for hydroxylation is 1. The first kappa shape index (κ1) is 10.8. The molecule has 2 atom stereocenters. The normalized spacial score (nSPS) is 27.5. The summed E-state index contributed by atoms with van der Waals surface area (Å²) >= 11 is 0. The quantitative estimate of drug-likeness (QED) is 0.738. The molecule has 3 heterocycles. The number of aromatic nitrogens is 2. The number of anilines is 2. The predicted molar refractivity (Wildman–Crippen MR) is 68.0 cm³/mol. The molecule has 5 heteroatoms. The molecule has 3 rings (SSSR count). The van der Waals surface area contributed by atoms with Crippen LogP contribution >= 0.6 is 0 Å². The van der Waals surface area contributed by atoms with Crippen LogP contribution in [0.4, 0.5) is 11.8 Å². The second-order valence-corrected chi connectivity index (χ2v) is 5.13. The molecule has 1 aromatic rings. The van der Waals surface area contributed by atoms with Gasteiger partial charge < -0.3 is 16.0 Å². The molecule has 0 aromatic carbocycles. The van der Waals surface area contributed by atoms with Gasteiger partial charge in [-0.15, -0.1) is 0 Å². The Morgan fingerprint density at radius 3 is 2.88 bits per heavy atom. The summed E-state index contributed by atoms with van der Waals surface area (Å²) in [6.07, 6.45) is 1.28. The van der Waals surface area contributed by atoms with Crippen molar-refractivity contribution in [1.29, 1.82) is 0 Å². The van der Waals surface area contributed by atoms with Gasteiger partial charge in [-0.3, -0.25) is 0 Å². The molecule has 0 aliphatic carbocycles. The third kappa shape index (κ3) is 1.74. The highest BCUT2D eigenvalue weighted by Gasteiger charge is 2.37. The van der Waals surface area contributed by atoms with E-state index in [9.17, 15) is 0 Å². The third-order valence-electron chi connectivity index (χ3n) is 4.04. The Bertz CT molecular complexity index is 433. The third-order valence-corrected chi connectivity index (χ3v) is 4.04. The summed E-state index contributed by atoms with van der Waals surface area (Å²) in [6.45, 7) is 7.36. The van der Waals surface area contributed by atoms with Gasteiger partial charge in [-0.2, -0.15) is 4.98 Å². The highest BCUT2D eigenvalue weighted by molar-refractivity contribution is 5.52. The molecule has 0 spiro atoms. The summed E-state index contributed by atoms with van der Waals surface area (Å²) in [7, 11) is 0. The van der Waals surface area contributed by atoms with E-state index in [2.05, 4.69) is 27.1 Å². The highest BCUT2D eigenvalue weighted by Crippen LogP contribution is 2.30. The lowest BCUT2D eigenvalue weighted by molar-refractivity contribution is 0.556. The molecular formula is C12H19N5. The van der Waals surface area contributed by atoms with Crippen molar-refractivity contribution in [2.45, 2.75) is 26.3 Å². The highest BCUT2D eigenvalue weighted by atomic mass is 15.3. The summed E-state index contributed by atoms with van der Waals surface area (Å²) in [5.41, 5.74) is 7.88. The molecular weight excluding hydrogens is 214 g/mol. The zero-order valence-electron chi connectivity index (χ0n) is 10.4. The molecule has 0 amide bonds. The molecule has 17 heavy (non-hydrogen) atoms. The van der Waals surface area contributed by atoms with Crippen molar-refractivity contribution in [2.75, 3.05) is 30.3 Å². The van der Waals surface area contributed by atoms with Crippen LogP contribution < -0.4 is 16.0 Å². The summed E-state index contributed by atoms with van der Waals surface area (Å²) in [5.74, 6) is 2.17. The van der Waals surface area contributed by atoms with E-state index in [0.29, 0.717) is 12.0 Å². The minimum Gasteiger partial charge on any atom is -0.368 e. The van der Waals surface area contributed by atoms with Crippen LogP contribution in [0.25, 0.3) is 0 Å². The number of fused-ring (bicyclic) bond motifs is 1. The number of nitrogens with zero attached hydrogens (tertiary/aromatic N) is 3.